The van der Waals surface area contributed by atoms with E-state index in [-0.39, 0.29) is 0 Å². The van der Waals surface area contributed by atoms with Crippen LogP contribution in [0, 0.1) is 6.92 Å². The molecule has 1 fully saturated rings. The smallest absolute Gasteiger partial charge is 0.102 e. The van der Waals surface area contributed by atoms with Crippen LogP contribution in [0.1, 0.15) is 54.9 Å². The van der Waals surface area contributed by atoms with Crippen molar-refractivity contribution in [3.05, 3.63) is 47.5 Å². The molecule has 2 heterocycles. The Bertz CT molecular complexity index is 573. The molecule has 0 radical (unpaired) electrons. The predicted octanol–water partition coefficient (Wildman–Crippen LogP) is 2.98. The first kappa shape index (κ1) is 13.3. The first-order chi connectivity index (χ1) is 9.72. The molecule has 0 spiro atoms. The van der Waals surface area contributed by atoms with Gasteiger partial charge in [0.25, 0.3) is 0 Å². The summed E-state index contributed by atoms with van der Waals surface area (Å²) in [5.74, 6) is 0. The molecule has 1 saturated carbocycles. The fourth-order valence-electron chi connectivity index (χ4n) is 2.91. The first-order valence-corrected chi connectivity index (χ1v) is 7.38. The third-order valence-corrected chi connectivity index (χ3v) is 4.02. The van der Waals surface area contributed by atoms with E-state index in [2.05, 4.69) is 14.8 Å². The molecule has 4 heteroatoms. The molecule has 0 aromatic carbocycles. The Hall–Kier alpha value is -1.68. The van der Waals surface area contributed by atoms with Crippen LogP contribution in [0.25, 0.3) is 0 Å². The summed E-state index contributed by atoms with van der Waals surface area (Å²) in [6, 6.07) is 8.30. The number of hydrogen-bond acceptors (Lipinski definition) is 3. The van der Waals surface area contributed by atoms with Gasteiger partial charge in [0.1, 0.15) is 6.10 Å². The summed E-state index contributed by atoms with van der Waals surface area (Å²) in [5.41, 5.74) is 2.59. The van der Waals surface area contributed by atoms with Crippen LogP contribution in [-0.4, -0.2) is 19.9 Å². The quantitative estimate of drug-likeness (QED) is 0.930. The Balaban J connectivity index is 1.68. The Kier molecular flexibility index (Phi) is 3.83. The number of aromatic nitrogens is 3. The maximum atomic E-state index is 10.3. The van der Waals surface area contributed by atoms with E-state index in [1.165, 1.54) is 25.7 Å². The first-order valence-electron chi connectivity index (χ1n) is 7.38. The fourth-order valence-corrected chi connectivity index (χ4v) is 2.91. The van der Waals surface area contributed by atoms with Crippen molar-refractivity contribution >= 4 is 0 Å². The van der Waals surface area contributed by atoms with Crippen LogP contribution in [0.3, 0.4) is 0 Å². The second-order valence-corrected chi connectivity index (χ2v) is 5.65. The monoisotopic (exact) mass is 271 g/mol. The van der Waals surface area contributed by atoms with Gasteiger partial charge in [0.15, 0.2) is 0 Å². The van der Waals surface area contributed by atoms with Crippen LogP contribution in [0.5, 0.6) is 0 Å². The van der Waals surface area contributed by atoms with Gasteiger partial charge in [-0.3, -0.25) is 9.67 Å². The van der Waals surface area contributed by atoms with E-state index in [4.69, 9.17) is 0 Å². The van der Waals surface area contributed by atoms with Gasteiger partial charge < -0.3 is 5.11 Å². The summed E-state index contributed by atoms with van der Waals surface area (Å²) < 4.78 is 2.07. The maximum Gasteiger partial charge on any atom is 0.102 e. The Morgan fingerprint density at radius 2 is 2.10 bits per heavy atom. The summed E-state index contributed by atoms with van der Waals surface area (Å²) >= 11 is 0. The molecule has 1 aliphatic carbocycles. The summed E-state index contributed by atoms with van der Waals surface area (Å²) in [6.07, 6.45) is 7.04. The van der Waals surface area contributed by atoms with E-state index in [0.29, 0.717) is 12.5 Å². The minimum Gasteiger partial charge on any atom is -0.386 e. The van der Waals surface area contributed by atoms with Gasteiger partial charge in [-0.05, 0) is 38.0 Å². The largest absolute Gasteiger partial charge is 0.386 e. The molecule has 106 valence electrons. The van der Waals surface area contributed by atoms with Crippen LogP contribution < -0.4 is 0 Å². The molecular weight excluding hydrogens is 250 g/mol. The highest BCUT2D eigenvalue weighted by Gasteiger charge is 2.18. The van der Waals surface area contributed by atoms with Crippen LogP contribution in [0.2, 0.25) is 0 Å². The van der Waals surface area contributed by atoms with E-state index in [9.17, 15) is 5.11 Å². The van der Waals surface area contributed by atoms with Crippen molar-refractivity contribution in [2.75, 3.05) is 0 Å². The van der Waals surface area contributed by atoms with Crippen molar-refractivity contribution in [3.63, 3.8) is 0 Å². The van der Waals surface area contributed by atoms with Gasteiger partial charge in [-0.1, -0.05) is 18.9 Å². The minimum atomic E-state index is -0.582. The van der Waals surface area contributed by atoms with Gasteiger partial charge in [0.2, 0.25) is 0 Å². The molecule has 0 saturated heterocycles. The van der Waals surface area contributed by atoms with Crippen molar-refractivity contribution in [2.24, 2.45) is 0 Å². The molecule has 20 heavy (non-hydrogen) atoms. The molecule has 1 atom stereocenters. The maximum absolute atomic E-state index is 10.3. The highest BCUT2D eigenvalue weighted by atomic mass is 16.3. The molecular formula is C16H21N3O. The second kappa shape index (κ2) is 5.75. The third-order valence-electron chi connectivity index (χ3n) is 4.02. The SMILES string of the molecule is Cc1cccc(C(O)Cc2ccn(C3CCCC3)n2)n1. The molecule has 0 amide bonds. The van der Waals surface area contributed by atoms with Gasteiger partial charge in [-0.2, -0.15) is 5.10 Å². The van der Waals surface area contributed by atoms with E-state index >= 15 is 0 Å². The zero-order valence-electron chi connectivity index (χ0n) is 11.9. The molecule has 2 aromatic heterocycles. The van der Waals surface area contributed by atoms with E-state index in [1.807, 2.05) is 37.4 Å². The summed E-state index contributed by atoms with van der Waals surface area (Å²) in [5, 5.41) is 14.9. The lowest BCUT2D eigenvalue weighted by Gasteiger charge is -2.10. The molecule has 1 aliphatic rings. The predicted molar refractivity (Wildman–Crippen MR) is 77.4 cm³/mol. The molecule has 2 aromatic rings. The topological polar surface area (TPSA) is 50.9 Å². The number of rotatable bonds is 4. The van der Waals surface area contributed by atoms with E-state index in [1.54, 1.807) is 0 Å². The molecule has 0 aliphatic heterocycles. The number of hydrogen-bond donors (Lipinski definition) is 1. The van der Waals surface area contributed by atoms with Crippen LogP contribution in [-0.2, 0) is 6.42 Å². The average molecular weight is 271 g/mol. The fraction of sp³-hybridized carbons (Fsp3) is 0.500. The lowest BCUT2D eigenvalue weighted by atomic mass is 10.1. The minimum absolute atomic E-state index is 0.524. The van der Waals surface area contributed by atoms with Crippen molar-refractivity contribution in [3.8, 4) is 0 Å². The number of aliphatic hydroxyl groups excluding tert-OH is 1. The summed E-state index contributed by atoms with van der Waals surface area (Å²) in [7, 11) is 0. The van der Waals surface area contributed by atoms with Gasteiger partial charge in [-0.25, -0.2) is 0 Å². The van der Waals surface area contributed by atoms with Gasteiger partial charge in [0, 0.05) is 18.3 Å². The van der Waals surface area contributed by atoms with Gasteiger partial charge >= 0.3 is 0 Å². The number of aryl methyl sites for hydroxylation is 1. The van der Waals surface area contributed by atoms with Crippen molar-refractivity contribution in [2.45, 2.75) is 51.2 Å². The Morgan fingerprint density at radius 3 is 2.85 bits per heavy atom. The normalized spacial score (nSPS) is 17.5. The highest BCUT2D eigenvalue weighted by molar-refractivity contribution is 5.14. The average Bonchev–Trinajstić information content (AvgIpc) is 3.08. The zero-order chi connectivity index (χ0) is 13.9. The molecule has 1 unspecified atom stereocenters. The molecule has 0 bridgehead atoms. The van der Waals surface area contributed by atoms with E-state index < -0.39 is 6.10 Å². The van der Waals surface area contributed by atoms with Gasteiger partial charge in [0.05, 0.1) is 17.4 Å². The van der Waals surface area contributed by atoms with Crippen LogP contribution in [0.15, 0.2) is 30.5 Å². The Labute approximate surface area is 119 Å². The van der Waals surface area contributed by atoms with Crippen LogP contribution >= 0.6 is 0 Å². The summed E-state index contributed by atoms with van der Waals surface area (Å²) in [4.78, 5) is 4.37. The zero-order valence-corrected chi connectivity index (χ0v) is 11.9. The lowest BCUT2D eigenvalue weighted by molar-refractivity contribution is 0.172. The third kappa shape index (κ3) is 2.90. The van der Waals surface area contributed by atoms with Crippen molar-refractivity contribution in [1.82, 2.24) is 14.8 Å². The Morgan fingerprint density at radius 1 is 1.30 bits per heavy atom. The number of nitrogens with zero attached hydrogens (tertiary/aromatic N) is 3. The molecule has 3 rings (SSSR count). The van der Waals surface area contributed by atoms with Crippen molar-refractivity contribution in [1.29, 1.82) is 0 Å². The number of pyridine rings is 1. The van der Waals surface area contributed by atoms with Crippen LogP contribution in [0.4, 0.5) is 0 Å². The van der Waals surface area contributed by atoms with Crippen molar-refractivity contribution < 1.29 is 5.11 Å². The molecule has 1 N–H and O–H groups in total. The van der Waals surface area contributed by atoms with E-state index in [0.717, 1.165) is 17.1 Å². The molecule has 4 nitrogen and oxygen atoms in total. The number of aliphatic hydroxyl groups is 1. The second-order valence-electron chi connectivity index (χ2n) is 5.65. The highest BCUT2D eigenvalue weighted by Crippen LogP contribution is 2.29. The standard InChI is InChI=1S/C16H21N3O/c1-12-5-4-8-15(17-12)16(20)11-13-9-10-19(18-13)14-6-2-3-7-14/h4-5,8-10,14,16,20H,2-3,6-7,11H2,1H3. The van der Waals surface area contributed by atoms with Gasteiger partial charge in [-0.15, -0.1) is 0 Å². The summed E-state index contributed by atoms with van der Waals surface area (Å²) in [6.45, 7) is 1.94. The lowest BCUT2D eigenvalue weighted by Crippen LogP contribution is -2.08.